The van der Waals surface area contributed by atoms with Crippen molar-refractivity contribution in [2.45, 2.75) is 40.0 Å². The molecule has 0 unspecified atom stereocenters. The maximum atomic E-state index is 11.6. The number of hydrogen-bond acceptors (Lipinski definition) is 4. The van der Waals surface area contributed by atoms with E-state index in [1.54, 1.807) is 11.3 Å². The Morgan fingerprint density at radius 2 is 2.05 bits per heavy atom. The number of hydrogen-bond donors (Lipinski definition) is 3. The van der Waals surface area contributed by atoms with Crippen molar-refractivity contribution in [3.63, 3.8) is 0 Å². The first kappa shape index (κ1) is 18.4. The molecule has 0 saturated heterocycles. The third kappa shape index (κ3) is 7.40. The fraction of sp³-hybridized carbons (Fsp3) is 0.667. The van der Waals surface area contributed by atoms with Crippen LogP contribution in [-0.2, 0) is 17.6 Å². The molecule has 0 radical (unpaired) electrons. The quantitative estimate of drug-likeness (QED) is 0.473. The third-order valence-electron chi connectivity index (χ3n) is 2.88. The lowest BCUT2D eigenvalue weighted by molar-refractivity contribution is -0.119. The van der Waals surface area contributed by atoms with Crippen molar-refractivity contribution < 1.29 is 4.79 Å². The fourth-order valence-corrected chi connectivity index (χ4v) is 2.59. The third-order valence-corrected chi connectivity index (χ3v) is 4.08. The van der Waals surface area contributed by atoms with Crippen molar-refractivity contribution in [2.75, 3.05) is 26.2 Å². The van der Waals surface area contributed by atoms with Crippen LogP contribution in [0.25, 0.3) is 0 Å². The molecule has 6 nitrogen and oxygen atoms in total. The van der Waals surface area contributed by atoms with Gasteiger partial charge in [-0.05, 0) is 19.8 Å². The Balaban J connectivity index is 2.37. The van der Waals surface area contributed by atoms with Crippen LogP contribution in [0.4, 0.5) is 0 Å². The molecule has 0 atom stereocenters. The van der Waals surface area contributed by atoms with Crippen molar-refractivity contribution in [2.24, 2.45) is 4.99 Å². The van der Waals surface area contributed by atoms with E-state index in [0.717, 1.165) is 37.4 Å². The van der Waals surface area contributed by atoms with Gasteiger partial charge in [0.25, 0.3) is 0 Å². The van der Waals surface area contributed by atoms with Crippen molar-refractivity contribution in [3.05, 3.63) is 16.1 Å². The van der Waals surface area contributed by atoms with E-state index in [2.05, 4.69) is 32.9 Å². The van der Waals surface area contributed by atoms with Gasteiger partial charge < -0.3 is 16.0 Å². The molecule has 3 N–H and O–H groups in total. The summed E-state index contributed by atoms with van der Waals surface area (Å²) in [7, 11) is 0. The molecule has 0 saturated carbocycles. The lowest BCUT2D eigenvalue weighted by Crippen LogP contribution is -2.39. The molecule has 0 aliphatic carbocycles. The van der Waals surface area contributed by atoms with Crippen molar-refractivity contribution in [1.29, 1.82) is 0 Å². The SMILES string of the molecule is CCCNC(=O)CN=C(NCC)NCCc1ncc(CC)s1. The highest BCUT2D eigenvalue weighted by molar-refractivity contribution is 7.11. The molecular weight excluding hydrogens is 298 g/mol. The van der Waals surface area contributed by atoms with Crippen LogP contribution >= 0.6 is 11.3 Å². The van der Waals surface area contributed by atoms with Crippen molar-refractivity contribution in [3.8, 4) is 0 Å². The van der Waals surface area contributed by atoms with Crippen LogP contribution in [0.15, 0.2) is 11.2 Å². The number of aliphatic imine (C=N–C) groups is 1. The normalized spacial score (nSPS) is 11.3. The maximum absolute atomic E-state index is 11.6. The van der Waals surface area contributed by atoms with Crippen molar-refractivity contribution in [1.82, 2.24) is 20.9 Å². The lowest BCUT2D eigenvalue weighted by atomic mass is 10.4. The van der Waals surface area contributed by atoms with Crippen LogP contribution in [0.5, 0.6) is 0 Å². The summed E-state index contributed by atoms with van der Waals surface area (Å²) in [6, 6.07) is 0. The lowest BCUT2D eigenvalue weighted by Gasteiger charge is -2.10. The monoisotopic (exact) mass is 325 g/mol. The molecule has 0 bridgehead atoms. The summed E-state index contributed by atoms with van der Waals surface area (Å²) in [6.45, 7) is 8.52. The van der Waals surface area contributed by atoms with Gasteiger partial charge in [-0.25, -0.2) is 9.98 Å². The van der Waals surface area contributed by atoms with E-state index in [1.165, 1.54) is 4.88 Å². The minimum atomic E-state index is -0.0495. The largest absolute Gasteiger partial charge is 0.357 e. The van der Waals surface area contributed by atoms with E-state index in [0.29, 0.717) is 12.5 Å². The molecular formula is C15H27N5OS. The van der Waals surface area contributed by atoms with E-state index in [1.807, 2.05) is 20.0 Å². The molecule has 0 aliphatic heterocycles. The maximum Gasteiger partial charge on any atom is 0.241 e. The fourth-order valence-electron chi connectivity index (χ4n) is 1.73. The topological polar surface area (TPSA) is 78.4 Å². The number of guanidine groups is 1. The second-order valence-corrected chi connectivity index (χ2v) is 6.00. The second kappa shape index (κ2) is 11.0. The number of aromatic nitrogens is 1. The van der Waals surface area contributed by atoms with E-state index < -0.39 is 0 Å². The predicted octanol–water partition coefficient (Wildman–Crippen LogP) is 1.33. The summed E-state index contributed by atoms with van der Waals surface area (Å²) in [6.07, 6.45) is 4.76. The number of nitrogens with one attached hydrogen (secondary N) is 3. The van der Waals surface area contributed by atoms with Gasteiger partial charge in [-0.3, -0.25) is 4.79 Å². The zero-order valence-corrected chi connectivity index (χ0v) is 14.6. The summed E-state index contributed by atoms with van der Waals surface area (Å²) >= 11 is 1.75. The summed E-state index contributed by atoms with van der Waals surface area (Å²) in [5, 5.41) is 10.3. The van der Waals surface area contributed by atoms with Crippen LogP contribution < -0.4 is 16.0 Å². The highest BCUT2D eigenvalue weighted by Crippen LogP contribution is 2.13. The molecule has 0 aliphatic rings. The van der Waals surface area contributed by atoms with Gasteiger partial charge in [-0.1, -0.05) is 13.8 Å². The van der Waals surface area contributed by atoms with Gasteiger partial charge in [0.2, 0.25) is 5.91 Å². The van der Waals surface area contributed by atoms with Gasteiger partial charge in [0.15, 0.2) is 5.96 Å². The highest BCUT2D eigenvalue weighted by atomic mass is 32.1. The average molecular weight is 325 g/mol. The Morgan fingerprint density at radius 1 is 1.23 bits per heavy atom. The number of rotatable bonds is 9. The van der Waals surface area contributed by atoms with E-state index >= 15 is 0 Å². The molecule has 1 aromatic rings. The van der Waals surface area contributed by atoms with E-state index in [-0.39, 0.29) is 12.5 Å². The Kier molecular flexibility index (Phi) is 9.21. The summed E-state index contributed by atoms with van der Waals surface area (Å²) in [4.78, 5) is 21.5. The molecule has 1 amide bonds. The molecule has 0 aromatic carbocycles. The predicted molar refractivity (Wildman–Crippen MR) is 92.5 cm³/mol. The summed E-state index contributed by atoms with van der Waals surface area (Å²) in [5.74, 6) is 0.619. The molecule has 1 heterocycles. The standard InChI is InChI=1S/C15H27N5OS/c1-4-8-17-13(21)11-20-15(16-6-3)18-9-7-14-19-10-12(5-2)22-14/h10H,4-9,11H2,1-3H3,(H,17,21)(H2,16,18,20). The van der Waals surface area contributed by atoms with Gasteiger partial charge in [0.1, 0.15) is 6.54 Å². The Bertz CT molecular complexity index is 472. The number of carbonyl (C=O) groups excluding carboxylic acids is 1. The summed E-state index contributed by atoms with van der Waals surface area (Å²) in [5.41, 5.74) is 0. The molecule has 1 rings (SSSR count). The van der Waals surface area contributed by atoms with Crippen LogP contribution in [0.1, 0.15) is 37.1 Å². The summed E-state index contributed by atoms with van der Waals surface area (Å²) < 4.78 is 0. The van der Waals surface area contributed by atoms with Gasteiger partial charge in [0, 0.05) is 37.1 Å². The number of amides is 1. The molecule has 0 spiro atoms. The minimum absolute atomic E-state index is 0.0495. The number of nitrogens with zero attached hydrogens (tertiary/aromatic N) is 2. The molecule has 124 valence electrons. The average Bonchev–Trinajstić information content (AvgIpc) is 2.98. The molecule has 7 heteroatoms. The molecule has 0 fully saturated rings. The first-order valence-electron chi connectivity index (χ1n) is 7.92. The first-order chi connectivity index (χ1) is 10.7. The zero-order valence-electron chi connectivity index (χ0n) is 13.7. The van der Waals surface area contributed by atoms with Gasteiger partial charge in [-0.15, -0.1) is 11.3 Å². The van der Waals surface area contributed by atoms with Gasteiger partial charge >= 0.3 is 0 Å². The van der Waals surface area contributed by atoms with Gasteiger partial charge in [0.05, 0.1) is 5.01 Å². The minimum Gasteiger partial charge on any atom is -0.357 e. The molecule has 22 heavy (non-hydrogen) atoms. The smallest absolute Gasteiger partial charge is 0.241 e. The van der Waals surface area contributed by atoms with Crippen LogP contribution in [0, 0.1) is 0 Å². The number of carbonyl (C=O) groups is 1. The van der Waals surface area contributed by atoms with Gasteiger partial charge in [-0.2, -0.15) is 0 Å². The Morgan fingerprint density at radius 3 is 2.68 bits per heavy atom. The molecule has 1 aromatic heterocycles. The van der Waals surface area contributed by atoms with Crippen LogP contribution in [0.2, 0.25) is 0 Å². The van der Waals surface area contributed by atoms with Crippen LogP contribution in [0.3, 0.4) is 0 Å². The Labute approximate surface area is 136 Å². The highest BCUT2D eigenvalue weighted by Gasteiger charge is 2.03. The first-order valence-corrected chi connectivity index (χ1v) is 8.73. The van der Waals surface area contributed by atoms with Crippen molar-refractivity contribution >= 4 is 23.2 Å². The number of aryl methyl sites for hydroxylation is 1. The number of thiazole rings is 1. The second-order valence-electron chi connectivity index (χ2n) is 4.80. The zero-order chi connectivity index (χ0) is 16.2. The van der Waals surface area contributed by atoms with E-state index in [9.17, 15) is 4.79 Å². The van der Waals surface area contributed by atoms with Crippen LogP contribution in [-0.4, -0.2) is 43.0 Å². The Hall–Kier alpha value is -1.63. The van der Waals surface area contributed by atoms with E-state index in [4.69, 9.17) is 0 Å².